The average Bonchev–Trinajstić information content (AvgIpc) is 3.85. The molecule has 1 heteroatoms. The molecule has 13 aromatic rings. The summed E-state index contributed by atoms with van der Waals surface area (Å²) in [6.45, 7) is 4.72. The van der Waals surface area contributed by atoms with Crippen molar-refractivity contribution in [1.29, 1.82) is 0 Å². The molecule has 1 aliphatic rings. The maximum absolute atomic E-state index is 6.59. The van der Waals surface area contributed by atoms with Crippen LogP contribution in [0.2, 0.25) is 0 Å². The van der Waals surface area contributed by atoms with Crippen LogP contribution >= 0.6 is 0 Å². The van der Waals surface area contributed by atoms with E-state index in [1.54, 1.807) is 0 Å². The third kappa shape index (κ3) is 5.29. The first-order valence-electron chi connectivity index (χ1n) is 23.1. The van der Waals surface area contributed by atoms with Crippen molar-refractivity contribution in [3.05, 3.63) is 230 Å². The van der Waals surface area contributed by atoms with Gasteiger partial charge in [0.2, 0.25) is 0 Å². The first-order valence-corrected chi connectivity index (χ1v) is 23.1. The number of hydrogen-bond donors (Lipinski definition) is 0. The molecule has 308 valence electrons. The highest BCUT2D eigenvalue weighted by Gasteiger charge is 2.36. The van der Waals surface area contributed by atoms with Crippen molar-refractivity contribution in [2.24, 2.45) is 0 Å². The van der Waals surface area contributed by atoms with Gasteiger partial charge in [-0.25, -0.2) is 0 Å². The summed E-state index contributed by atoms with van der Waals surface area (Å²) in [7, 11) is 0. The molecule has 0 aliphatic heterocycles. The van der Waals surface area contributed by atoms with Gasteiger partial charge in [0.15, 0.2) is 0 Å². The van der Waals surface area contributed by atoms with Gasteiger partial charge >= 0.3 is 0 Å². The number of hydrogen-bond acceptors (Lipinski definition) is 1. The predicted molar refractivity (Wildman–Crippen MR) is 281 cm³/mol. The normalized spacial score (nSPS) is 13.1. The van der Waals surface area contributed by atoms with Crippen molar-refractivity contribution in [2.75, 3.05) is 0 Å². The average molecular weight is 839 g/mol. The van der Waals surface area contributed by atoms with Crippen LogP contribution in [0.25, 0.3) is 131 Å². The predicted octanol–water partition coefficient (Wildman–Crippen LogP) is 18.3. The second-order valence-electron chi connectivity index (χ2n) is 18.7. The highest BCUT2D eigenvalue weighted by atomic mass is 16.3. The van der Waals surface area contributed by atoms with Gasteiger partial charge in [-0.15, -0.1) is 0 Å². The van der Waals surface area contributed by atoms with Gasteiger partial charge in [0.1, 0.15) is 11.2 Å². The topological polar surface area (TPSA) is 13.1 Å². The second-order valence-corrected chi connectivity index (χ2v) is 18.7. The second kappa shape index (κ2) is 13.9. The van der Waals surface area contributed by atoms with Crippen LogP contribution in [0.5, 0.6) is 0 Å². The molecule has 1 heterocycles. The van der Waals surface area contributed by atoms with Crippen LogP contribution in [0.4, 0.5) is 0 Å². The zero-order valence-corrected chi connectivity index (χ0v) is 36.7. The van der Waals surface area contributed by atoms with Gasteiger partial charge in [-0.2, -0.15) is 0 Å². The summed E-state index contributed by atoms with van der Waals surface area (Å²) in [4.78, 5) is 0. The van der Waals surface area contributed by atoms with Gasteiger partial charge in [-0.1, -0.05) is 196 Å². The van der Waals surface area contributed by atoms with Crippen LogP contribution in [-0.4, -0.2) is 0 Å². The molecule has 0 bridgehead atoms. The fraction of sp³-hybridized carbons (Fsp3) is 0.0462. The van der Waals surface area contributed by atoms with Gasteiger partial charge in [-0.05, 0) is 157 Å². The molecule has 12 aromatic carbocycles. The van der Waals surface area contributed by atoms with E-state index in [1.807, 2.05) is 0 Å². The SMILES string of the molecule is CC1(C)c2ccc(-c3ccc4oc5ccc(-c6c7ccccc7c(-c7ccccc7-c7cc8ccccc8c8ccccc78)c7ccccc67)cc5c4c3)cc2-c2c1ccc1ccccc21. The first kappa shape index (κ1) is 37.1. The quantitative estimate of drug-likeness (QED) is 0.127. The lowest BCUT2D eigenvalue weighted by Crippen LogP contribution is -2.14. The molecule has 14 rings (SSSR count). The zero-order valence-electron chi connectivity index (χ0n) is 36.7. The van der Waals surface area contributed by atoms with Gasteiger partial charge in [0, 0.05) is 16.2 Å². The molecule has 0 amide bonds. The molecule has 0 radical (unpaired) electrons. The minimum absolute atomic E-state index is 0.0730. The number of rotatable bonds is 4. The molecule has 0 atom stereocenters. The van der Waals surface area contributed by atoms with Crippen LogP contribution in [0.15, 0.2) is 223 Å². The van der Waals surface area contributed by atoms with Crippen LogP contribution in [0.3, 0.4) is 0 Å². The maximum Gasteiger partial charge on any atom is 0.135 e. The molecule has 66 heavy (non-hydrogen) atoms. The zero-order chi connectivity index (χ0) is 43.7. The van der Waals surface area contributed by atoms with E-state index in [1.165, 1.54) is 121 Å². The Balaban J connectivity index is 0.950. The Kier molecular flexibility index (Phi) is 7.81. The Bertz CT molecular complexity index is 4140. The highest BCUT2D eigenvalue weighted by molar-refractivity contribution is 6.24. The lowest BCUT2D eigenvalue weighted by atomic mass is 9.82. The lowest BCUT2D eigenvalue weighted by Gasteiger charge is -2.21. The molecule has 1 nitrogen and oxygen atoms in total. The molecule has 0 fully saturated rings. The number of fused-ring (bicyclic) bond motifs is 13. The third-order valence-corrected chi connectivity index (χ3v) is 14.8. The molecule has 0 N–H and O–H groups in total. The van der Waals surface area contributed by atoms with Gasteiger partial charge < -0.3 is 4.42 Å². The monoisotopic (exact) mass is 838 g/mol. The molecule has 0 unspecified atom stereocenters. The van der Waals surface area contributed by atoms with E-state index in [2.05, 4.69) is 232 Å². The molecule has 1 aliphatic carbocycles. The summed E-state index contributed by atoms with van der Waals surface area (Å²) in [5, 5.41) is 14.8. The Hall–Kier alpha value is -8.26. The Morgan fingerprint density at radius 2 is 0.773 bits per heavy atom. The lowest BCUT2D eigenvalue weighted by molar-refractivity contribution is 0.661. The third-order valence-electron chi connectivity index (χ3n) is 14.8. The van der Waals surface area contributed by atoms with E-state index in [9.17, 15) is 0 Å². The van der Waals surface area contributed by atoms with Gasteiger partial charge in [0.05, 0.1) is 0 Å². The van der Waals surface area contributed by atoms with Crippen LogP contribution in [0, 0.1) is 0 Å². The van der Waals surface area contributed by atoms with E-state index < -0.39 is 0 Å². The maximum atomic E-state index is 6.59. The molecule has 0 saturated heterocycles. The van der Waals surface area contributed by atoms with Gasteiger partial charge in [-0.3, -0.25) is 0 Å². The van der Waals surface area contributed by atoms with Crippen molar-refractivity contribution in [1.82, 2.24) is 0 Å². The standard InChI is InChI=1S/C65H42O/c1-65(2)58-31-28-40(36-57(58)64-45-18-6-3-15-39(45)27-32-59(64)65)41-29-33-60-55(35-41)56-38-43(30-34-61(56)66-60)62-50-23-11-13-25-52(50)63(53-26-14-12-24-51(53)62)49-22-10-9-21-48(49)54-37-42-16-4-5-17-44(42)46-19-7-8-20-47(46)54/h3-38H,1-2H3. The summed E-state index contributed by atoms with van der Waals surface area (Å²) < 4.78 is 6.59. The Labute approximate surface area is 382 Å². The summed E-state index contributed by atoms with van der Waals surface area (Å²) in [6.07, 6.45) is 0. The summed E-state index contributed by atoms with van der Waals surface area (Å²) in [5.41, 5.74) is 17.0. The molecule has 1 aromatic heterocycles. The van der Waals surface area contributed by atoms with Crippen molar-refractivity contribution in [2.45, 2.75) is 19.3 Å². The van der Waals surface area contributed by atoms with Crippen molar-refractivity contribution >= 4 is 75.8 Å². The minimum atomic E-state index is -0.0730. The molecule has 0 spiro atoms. The van der Waals surface area contributed by atoms with E-state index >= 15 is 0 Å². The number of benzene rings is 12. The molecular formula is C65H42O. The van der Waals surface area contributed by atoms with E-state index in [0.717, 1.165) is 21.9 Å². The highest BCUT2D eigenvalue weighted by Crippen LogP contribution is 2.53. The number of furan rings is 1. The van der Waals surface area contributed by atoms with Crippen molar-refractivity contribution in [3.8, 4) is 55.6 Å². The largest absolute Gasteiger partial charge is 0.456 e. The summed E-state index contributed by atoms with van der Waals surface area (Å²) >= 11 is 0. The van der Waals surface area contributed by atoms with E-state index in [-0.39, 0.29) is 5.41 Å². The minimum Gasteiger partial charge on any atom is -0.456 e. The Morgan fingerprint density at radius 1 is 0.273 bits per heavy atom. The smallest absolute Gasteiger partial charge is 0.135 e. The fourth-order valence-corrected chi connectivity index (χ4v) is 11.8. The van der Waals surface area contributed by atoms with Crippen molar-refractivity contribution in [3.63, 3.8) is 0 Å². The molecular weight excluding hydrogens is 797 g/mol. The van der Waals surface area contributed by atoms with E-state index in [4.69, 9.17) is 4.42 Å². The van der Waals surface area contributed by atoms with Crippen LogP contribution in [-0.2, 0) is 5.41 Å². The van der Waals surface area contributed by atoms with Crippen LogP contribution in [0.1, 0.15) is 25.0 Å². The Morgan fingerprint density at radius 3 is 1.48 bits per heavy atom. The molecule has 0 saturated carbocycles. The van der Waals surface area contributed by atoms with Crippen LogP contribution < -0.4 is 0 Å². The summed E-state index contributed by atoms with van der Waals surface area (Å²) in [5.74, 6) is 0. The summed E-state index contributed by atoms with van der Waals surface area (Å²) in [6, 6.07) is 81.0. The van der Waals surface area contributed by atoms with Gasteiger partial charge in [0.25, 0.3) is 0 Å². The van der Waals surface area contributed by atoms with Crippen molar-refractivity contribution < 1.29 is 4.42 Å². The first-order chi connectivity index (χ1) is 32.5. The fourth-order valence-electron chi connectivity index (χ4n) is 11.8. The van der Waals surface area contributed by atoms with E-state index in [0.29, 0.717) is 0 Å².